The van der Waals surface area contributed by atoms with E-state index in [4.69, 9.17) is 15.7 Å². The van der Waals surface area contributed by atoms with Gasteiger partial charge in [-0.1, -0.05) is 18.0 Å². The third-order valence-corrected chi connectivity index (χ3v) is 3.61. The van der Waals surface area contributed by atoms with Crippen LogP contribution in [0.5, 0.6) is 0 Å². The Morgan fingerprint density at radius 1 is 1.56 bits per heavy atom. The summed E-state index contributed by atoms with van der Waals surface area (Å²) >= 11 is 0. The number of carbonyl (C=O) groups excluding carboxylic acids is 1. The van der Waals surface area contributed by atoms with Gasteiger partial charge in [0.05, 0.1) is 6.10 Å². The first kappa shape index (κ1) is 14.8. The van der Waals surface area contributed by atoms with Gasteiger partial charge in [-0.05, 0) is 26.2 Å². The topological polar surface area (TPSA) is 96.9 Å². The first-order valence-electron chi connectivity index (χ1n) is 6.36. The molecular formula is C12H23N3O3. The van der Waals surface area contributed by atoms with Crippen LogP contribution in [0.3, 0.4) is 0 Å². The molecule has 1 fully saturated rings. The van der Waals surface area contributed by atoms with Gasteiger partial charge in [-0.25, -0.2) is 0 Å². The van der Waals surface area contributed by atoms with Crippen molar-refractivity contribution in [2.75, 3.05) is 7.11 Å². The molecule has 1 atom stereocenters. The van der Waals surface area contributed by atoms with E-state index in [-0.39, 0.29) is 17.8 Å². The molecular weight excluding hydrogens is 234 g/mol. The van der Waals surface area contributed by atoms with Crippen LogP contribution in [0.15, 0.2) is 5.16 Å². The fourth-order valence-electron chi connectivity index (χ4n) is 2.30. The average Bonchev–Trinajstić information content (AvgIpc) is 2.84. The first-order valence-corrected chi connectivity index (χ1v) is 6.36. The number of methoxy groups -OCH3 is 1. The second-order valence-electron chi connectivity index (χ2n) is 4.91. The van der Waals surface area contributed by atoms with Crippen LogP contribution in [-0.4, -0.2) is 35.7 Å². The molecule has 0 saturated heterocycles. The second kappa shape index (κ2) is 6.58. The van der Waals surface area contributed by atoms with Crippen LogP contribution in [0.2, 0.25) is 0 Å². The Labute approximate surface area is 108 Å². The van der Waals surface area contributed by atoms with Crippen molar-refractivity contribution in [1.82, 2.24) is 5.32 Å². The SMILES string of the molecule is COC(C)CCC(=O)NC1(C(N)=NO)CCCC1. The van der Waals surface area contributed by atoms with Gasteiger partial charge in [0.2, 0.25) is 5.91 Å². The van der Waals surface area contributed by atoms with Crippen molar-refractivity contribution >= 4 is 11.7 Å². The average molecular weight is 257 g/mol. The summed E-state index contributed by atoms with van der Waals surface area (Å²) in [6.45, 7) is 1.92. The number of hydrogen-bond acceptors (Lipinski definition) is 4. The number of amides is 1. The molecule has 0 radical (unpaired) electrons. The van der Waals surface area contributed by atoms with E-state index in [1.54, 1.807) is 7.11 Å². The Morgan fingerprint density at radius 2 is 2.17 bits per heavy atom. The van der Waals surface area contributed by atoms with Crippen molar-refractivity contribution in [2.45, 2.75) is 57.1 Å². The molecule has 1 aliphatic rings. The van der Waals surface area contributed by atoms with Gasteiger partial charge in [-0.2, -0.15) is 0 Å². The highest BCUT2D eigenvalue weighted by Crippen LogP contribution is 2.30. The third-order valence-electron chi connectivity index (χ3n) is 3.61. The molecule has 0 spiro atoms. The number of rotatable bonds is 6. The van der Waals surface area contributed by atoms with Crippen LogP contribution in [0.4, 0.5) is 0 Å². The van der Waals surface area contributed by atoms with Gasteiger partial charge in [0, 0.05) is 13.5 Å². The van der Waals surface area contributed by atoms with Gasteiger partial charge in [0.1, 0.15) is 5.54 Å². The molecule has 18 heavy (non-hydrogen) atoms. The predicted octanol–water partition coefficient (Wildman–Crippen LogP) is 0.977. The molecule has 6 heteroatoms. The minimum atomic E-state index is -0.651. The van der Waals surface area contributed by atoms with E-state index >= 15 is 0 Å². The zero-order valence-corrected chi connectivity index (χ0v) is 11.1. The second-order valence-corrected chi connectivity index (χ2v) is 4.91. The van der Waals surface area contributed by atoms with Crippen LogP contribution in [0.25, 0.3) is 0 Å². The molecule has 0 bridgehead atoms. The maximum atomic E-state index is 11.9. The van der Waals surface area contributed by atoms with E-state index in [2.05, 4.69) is 10.5 Å². The minimum absolute atomic E-state index is 0.0548. The quantitative estimate of drug-likeness (QED) is 0.286. The molecule has 1 aliphatic carbocycles. The summed E-state index contributed by atoms with van der Waals surface area (Å²) in [5, 5.41) is 14.8. The van der Waals surface area contributed by atoms with Crippen LogP contribution < -0.4 is 11.1 Å². The molecule has 0 aromatic rings. The lowest BCUT2D eigenvalue weighted by Crippen LogP contribution is -2.55. The number of amidine groups is 1. The fraction of sp³-hybridized carbons (Fsp3) is 0.833. The van der Waals surface area contributed by atoms with Crippen molar-refractivity contribution in [3.63, 3.8) is 0 Å². The van der Waals surface area contributed by atoms with Crippen molar-refractivity contribution in [1.29, 1.82) is 0 Å². The standard InChI is InChI=1S/C12H23N3O3/c1-9(18-2)5-6-10(16)14-12(11(13)15-17)7-3-4-8-12/h9,17H,3-8H2,1-2H3,(H2,13,15)(H,14,16). The summed E-state index contributed by atoms with van der Waals surface area (Å²) in [4.78, 5) is 11.9. The zero-order chi connectivity index (χ0) is 13.6. The van der Waals surface area contributed by atoms with Gasteiger partial charge < -0.3 is 21.0 Å². The highest BCUT2D eigenvalue weighted by molar-refractivity contribution is 5.94. The number of hydrogen-bond donors (Lipinski definition) is 3. The largest absolute Gasteiger partial charge is 0.409 e. The molecule has 1 saturated carbocycles. The number of nitrogens with one attached hydrogen (secondary N) is 1. The molecule has 0 aromatic carbocycles. The summed E-state index contributed by atoms with van der Waals surface area (Å²) in [6, 6.07) is 0. The normalized spacial score (nSPS) is 20.7. The number of oxime groups is 1. The Kier molecular flexibility index (Phi) is 5.40. The van der Waals surface area contributed by atoms with Crippen molar-refractivity contribution in [3.8, 4) is 0 Å². The van der Waals surface area contributed by atoms with E-state index in [0.29, 0.717) is 12.8 Å². The Balaban J connectivity index is 2.54. The molecule has 6 nitrogen and oxygen atoms in total. The molecule has 4 N–H and O–H groups in total. The van der Waals surface area contributed by atoms with E-state index < -0.39 is 5.54 Å². The number of nitrogens with two attached hydrogens (primary N) is 1. The van der Waals surface area contributed by atoms with Gasteiger partial charge in [-0.15, -0.1) is 0 Å². The van der Waals surface area contributed by atoms with E-state index in [1.165, 1.54) is 0 Å². The molecule has 0 heterocycles. The van der Waals surface area contributed by atoms with Gasteiger partial charge in [0.15, 0.2) is 5.84 Å². The first-order chi connectivity index (χ1) is 8.54. The Morgan fingerprint density at radius 3 is 2.67 bits per heavy atom. The van der Waals surface area contributed by atoms with Gasteiger partial charge in [0.25, 0.3) is 0 Å². The number of ether oxygens (including phenoxy) is 1. The zero-order valence-electron chi connectivity index (χ0n) is 11.1. The summed E-state index contributed by atoms with van der Waals surface area (Å²) in [7, 11) is 1.62. The lowest BCUT2D eigenvalue weighted by atomic mass is 9.95. The van der Waals surface area contributed by atoms with Crippen molar-refractivity contribution < 1.29 is 14.7 Å². The lowest BCUT2D eigenvalue weighted by Gasteiger charge is -2.28. The lowest BCUT2D eigenvalue weighted by molar-refractivity contribution is -0.122. The van der Waals surface area contributed by atoms with E-state index in [1.807, 2.05) is 6.92 Å². The number of carbonyl (C=O) groups is 1. The molecule has 1 amide bonds. The number of nitrogens with zero attached hydrogens (tertiary/aromatic N) is 1. The molecule has 0 aromatic heterocycles. The summed E-state index contributed by atoms with van der Waals surface area (Å²) < 4.78 is 5.10. The molecule has 0 aliphatic heterocycles. The van der Waals surface area contributed by atoms with Crippen LogP contribution in [-0.2, 0) is 9.53 Å². The highest BCUT2D eigenvalue weighted by Gasteiger charge is 2.39. The van der Waals surface area contributed by atoms with Gasteiger partial charge >= 0.3 is 0 Å². The summed E-state index contributed by atoms with van der Waals surface area (Å²) in [5.74, 6) is 0.0283. The van der Waals surface area contributed by atoms with Crippen LogP contribution in [0.1, 0.15) is 45.4 Å². The van der Waals surface area contributed by atoms with Crippen molar-refractivity contribution in [2.24, 2.45) is 10.9 Å². The highest BCUT2D eigenvalue weighted by atomic mass is 16.5. The van der Waals surface area contributed by atoms with E-state index in [9.17, 15) is 4.79 Å². The third kappa shape index (κ3) is 3.60. The Hall–Kier alpha value is -1.30. The monoisotopic (exact) mass is 257 g/mol. The van der Waals surface area contributed by atoms with Gasteiger partial charge in [-0.3, -0.25) is 4.79 Å². The minimum Gasteiger partial charge on any atom is -0.409 e. The van der Waals surface area contributed by atoms with E-state index in [0.717, 1.165) is 25.7 Å². The fourth-order valence-corrected chi connectivity index (χ4v) is 2.30. The predicted molar refractivity (Wildman–Crippen MR) is 68.5 cm³/mol. The van der Waals surface area contributed by atoms with Crippen LogP contribution >= 0.6 is 0 Å². The maximum absolute atomic E-state index is 11.9. The molecule has 1 rings (SSSR count). The van der Waals surface area contributed by atoms with Crippen LogP contribution in [0, 0.1) is 0 Å². The summed E-state index contributed by atoms with van der Waals surface area (Å²) in [6.07, 6.45) is 4.52. The van der Waals surface area contributed by atoms with Crippen molar-refractivity contribution in [3.05, 3.63) is 0 Å². The smallest absolute Gasteiger partial charge is 0.220 e. The summed E-state index contributed by atoms with van der Waals surface area (Å²) in [5.41, 5.74) is 5.05. The molecule has 1 unspecified atom stereocenters. The molecule has 104 valence electrons. The maximum Gasteiger partial charge on any atom is 0.220 e. The Bertz CT molecular complexity index is 312.